The van der Waals surface area contributed by atoms with Gasteiger partial charge in [0.1, 0.15) is 0 Å². The fraction of sp³-hybridized carbons (Fsp3) is 0.476. The zero-order chi connectivity index (χ0) is 19.5. The Morgan fingerprint density at radius 1 is 1.21 bits per heavy atom. The number of aryl methyl sites for hydroxylation is 1. The van der Waals surface area contributed by atoms with E-state index in [-0.39, 0.29) is 23.8 Å². The zero-order valence-electron chi connectivity index (χ0n) is 16.1. The first-order chi connectivity index (χ1) is 13.6. The minimum Gasteiger partial charge on any atom is -0.341 e. The number of anilines is 1. The summed E-state index contributed by atoms with van der Waals surface area (Å²) >= 11 is 1.66. The molecule has 2 aliphatic heterocycles. The first-order valence-corrected chi connectivity index (χ1v) is 10.8. The Bertz CT molecular complexity index is 830. The number of piperidine rings is 1. The molecule has 2 aromatic rings. The van der Waals surface area contributed by atoms with Gasteiger partial charge in [-0.2, -0.15) is 0 Å². The van der Waals surface area contributed by atoms with Crippen LogP contribution in [0.1, 0.15) is 35.9 Å². The van der Waals surface area contributed by atoms with Gasteiger partial charge in [0.2, 0.25) is 11.8 Å². The predicted octanol–water partition coefficient (Wildman–Crippen LogP) is 2.77. The SMILES string of the molecule is Cc1nc(C2CNC(C(=O)N3CCC(C(=O)Nc4ccccc4)CC3)C2)cs1. The van der Waals surface area contributed by atoms with E-state index >= 15 is 0 Å². The zero-order valence-corrected chi connectivity index (χ0v) is 16.9. The third-order valence-corrected chi connectivity index (χ3v) is 6.49. The van der Waals surface area contributed by atoms with Crippen molar-refractivity contribution in [3.05, 3.63) is 46.4 Å². The van der Waals surface area contributed by atoms with Crippen LogP contribution in [0.15, 0.2) is 35.7 Å². The van der Waals surface area contributed by atoms with Gasteiger partial charge >= 0.3 is 0 Å². The standard InChI is InChI=1S/C21H26N4O2S/c1-14-23-19(13-28-14)16-11-18(22-12-16)21(27)25-9-7-15(8-10-25)20(26)24-17-5-3-2-4-6-17/h2-6,13,15-16,18,22H,7-12H2,1H3,(H,24,26). The van der Waals surface area contributed by atoms with Crippen LogP contribution in [0.3, 0.4) is 0 Å². The van der Waals surface area contributed by atoms with Crippen molar-refractivity contribution < 1.29 is 9.59 Å². The number of amides is 2. The second-order valence-electron chi connectivity index (χ2n) is 7.64. The number of likely N-dealkylation sites (tertiary alicyclic amines) is 1. The molecule has 2 unspecified atom stereocenters. The Morgan fingerprint density at radius 3 is 2.64 bits per heavy atom. The Balaban J connectivity index is 1.27. The molecule has 2 atom stereocenters. The fourth-order valence-corrected chi connectivity index (χ4v) is 4.76. The molecule has 7 heteroatoms. The lowest BCUT2D eigenvalue weighted by molar-refractivity contribution is -0.136. The lowest BCUT2D eigenvalue weighted by atomic mass is 9.94. The number of para-hydroxylation sites is 1. The van der Waals surface area contributed by atoms with Crippen molar-refractivity contribution in [2.45, 2.75) is 38.1 Å². The average molecular weight is 399 g/mol. The summed E-state index contributed by atoms with van der Waals surface area (Å²) in [4.78, 5) is 31.9. The van der Waals surface area contributed by atoms with E-state index in [0.29, 0.717) is 31.8 Å². The summed E-state index contributed by atoms with van der Waals surface area (Å²) in [5, 5.41) is 9.52. The van der Waals surface area contributed by atoms with E-state index in [9.17, 15) is 9.59 Å². The third kappa shape index (κ3) is 4.25. The van der Waals surface area contributed by atoms with Gasteiger partial charge in [-0.05, 0) is 38.3 Å². The molecule has 0 radical (unpaired) electrons. The van der Waals surface area contributed by atoms with Gasteiger partial charge in [-0.1, -0.05) is 18.2 Å². The minimum absolute atomic E-state index is 0.0356. The molecule has 6 nitrogen and oxygen atoms in total. The van der Waals surface area contributed by atoms with Gasteiger partial charge in [0.05, 0.1) is 16.7 Å². The Hall–Kier alpha value is -2.25. The molecule has 2 amide bonds. The van der Waals surface area contributed by atoms with Crippen molar-refractivity contribution in [1.82, 2.24) is 15.2 Å². The number of nitrogens with zero attached hydrogens (tertiary/aromatic N) is 2. The van der Waals surface area contributed by atoms with E-state index in [1.165, 1.54) is 0 Å². The Labute approximate surface area is 169 Å². The van der Waals surface area contributed by atoms with E-state index in [2.05, 4.69) is 21.0 Å². The summed E-state index contributed by atoms with van der Waals surface area (Å²) in [6.45, 7) is 4.10. The highest BCUT2D eigenvalue weighted by Crippen LogP contribution is 2.28. The quantitative estimate of drug-likeness (QED) is 0.831. The summed E-state index contributed by atoms with van der Waals surface area (Å²) in [6, 6.07) is 9.39. The maximum atomic E-state index is 12.9. The van der Waals surface area contributed by atoms with Crippen LogP contribution in [-0.2, 0) is 9.59 Å². The maximum absolute atomic E-state index is 12.9. The van der Waals surface area contributed by atoms with Crippen LogP contribution in [0.5, 0.6) is 0 Å². The third-order valence-electron chi connectivity index (χ3n) is 5.70. The van der Waals surface area contributed by atoms with Crippen molar-refractivity contribution in [3.63, 3.8) is 0 Å². The van der Waals surface area contributed by atoms with Gasteiger partial charge in [0, 0.05) is 42.5 Å². The largest absolute Gasteiger partial charge is 0.341 e. The molecule has 0 spiro atoms. The molecule has 28 heavy (non-hydrogen) atoms. The molecule has 0 aliphatic carbocycles. The summed E-state index contributed by atoms with van der Waals surface area (Å²) in [5.74, 6) is 0.493. The van der Waals surface area contributed by atoms with Crippen LogP contribution in [0.4, 0.5) is 5.69 Å². The molecule has 148 valence electrons. The normalized spacial score (nSPS) is 23.0. The van der Waals surface area contributed by atoms with Gasteiger partial charge in [-0.25, -0.2) is 4.98 Å². The molecule has 4 rings (SSSR count). The van der Waals surface area contributed by atoms with Crippen molar-refractivity contribution in [1.29, 1.82) is 0 Å². The highest BCUT2D eigenvalue weighted by molar-refractivity contribution is 7.09. The number of rotatable bonds is 4. The molecular weight excluding hydrogens is 372 g/mol. The second kappa shape index (κ2) is 8.41. The van der Waals surface area contributed by atoms with E-state index in [0.717, 1.165) is 29.4 Å². The summed E-state index contributed by atoms with van der Waals surface area (Å²) in [6.07, 6.45) is 2.23. The minimum atomic E-state index is -0.137. The number of carbonyl (C=O) groups is 2. The highest BCUT2D eigenvalue weighted by atomic mass is 32.1. The van der Waals surface area contributed by atoms with Crippen LogP contribution < -0.4 is 10.6 Å². The summed E-state index contributed by atoms with van der Waals surface area (Å²) in [7, 11) is 0. The summed E-state index contributed by atoms with van der Waals surface area (Å²) in [5.41, 5.74) is 1.92. The smallest absolute Gasteiger partial charge is 0.239 e. The molecule has 1 aromatic heterocycles. The number of aromatic nitrogens is 1. The van der Waals surface area contributed by atoms with Crippen molar-refractivity contribution in [3.8, 4) is 0 Å². The summed E-state index contributed by atoms with van der Waals surface area (Å²) < 4.78 is 0. The molecule has 2 saturated heterocycles. The number of benzene rings is 1. The Kier molecular flexibility index (Phi) is 5.73. The lowest BCUT2D eigenvalue weighted by Gasteiger charge is -2.33. The Morgan fingerprint density at radius 2 is 1.96 bits per heavy atom. The molecule has 1 aromatic carbocycles. The molecule has 0 saturated carbocycles. The number of thiazole rings is 1. The molecule has 0 bridgehead atoms. The van der Waals surface area contributed by atoms with E-state index < -0.39 is 0 Å². The first-order valence-electron chi connectivity index (χ1n) is 9.90. The van der Waals surface area contributed by atoms with Crippen LogP contribution >= 0.6 is 11.3 Å². The highest BCUT2D eigenvalue weighted by Gasteiger charge is 2.36. The predicted molar refractivity (Wildman–Crippen MR) is 110 cm³/mol. The average Bonchev–Trinajstić information content (AvgIpc) is 3.37. The number of hydrogen-bond donors (Lipinski definition) is 2. The van der Waals surface area contributed by atoms with Crippen molar-refractivity contribution in [2.24, 2.45) is 5.92 Å². The van der Waals surface area contributed by atoms with Crippen molar-refractivity contribution in [2.75, 3.05) is 25.0 Å². The van der Waals surface area contributed by atoms with Crippen LogP contribution in [-0.4, -0.2) is 47.4 Å². The van der Waals surface area contributed by atoms with Crippen LogP contribution in [0.25, 0.3) is 0 Å². The van der Waals surface area contributed by atoms with E-state index in [1.54, 1.807) is 11.3 Å². The van der Waals surface area contributed by atoms with Crippen LogP contribution in [0, 0.1) is 12.8 Å². The molecular formula is C21H26N4O2S. The van der Waals surface area contributed by atoms with E-state index in [1.807, 2.05) is 42.2 Å². The van der Waals surface area contributed by atoms with Gasteiger partial charge in [-0.3, -0.25) is 9.59 Å². The van der Waals surface area contributed by atoms with Gasteiger partial charge in [0.25, 0.3) is 0 Å². The number of carbonyl (C=O) groups excluding carboxylic acids is 2. The molecule has 2 N–H and O–H groups in total. The number of hydrogen-bond acceptors (Lipinski definition) is 5. The van der Waals surface area contributed by atoms with Crippen LogP contribution in [0.2, 0.25) is 0 Å². The topological polar surface area (TPSA) is 74.3 Å². The van der Waals surface area contributed by atoms with Crippen molar-refractivity contribution >= 4 is 28.8 Å². The maximum Gasteiger partial charge on any atom is 0.239 e. The lowest BCUT2D eigenvalue weighted by Crippen LogP contribution is -2.48. The fourth-order valence-electron chi connectivity index (χ4n) is 4.07. The van der Waals surface area contributed by atoms with Gasteiger partial charge in [-0.15, -0.1) is 11.3 Å². The molecule has 2 fully saturated rings. The molecule has 3 heterocycles. The molecule has 2 aliphatic rings. The van der Waals surface area contributed by atoms with E-state index in [4.69, 9.17) is 0 Å². The van der Waals surface area contributed by atoms with Gasteiger partial charge < -0.3 is 15.5 Å². The second-order valence-corrected chi connectivity index (χ2v) is 8.70. The monoisotopic (exact) mass is 398 g/mol. The van der Waals surface area contributed by atoms with Gasteiger partial charge in [0.15, 0.2) is 0 Å². The number of nitrogens with one attached hydrogen (secondary N) is 2. The first kappa shape index (κ1) is 19.1.